The summed E-state index contributed by atoms with van der Waals surface area (Å²) in [5.74, 6) is -0.317. The van der Waals surface area contributed by atoms with Gasteiger partial charge in [-0.25, -0.2) is 4.98 Å². The summed E-state index contributed by atoms with van der Waals surface area (Å²) in [5, 5.41) is 2.71. The predicted molar refractivity (Wildman–Crippen MR) is 60.6 cm³/mol. The first-order valence-corrected chi connectivity index (χ1v) is 5.50. The fourth-order valence-corrected chi connectivity index (χ4v) is 1.34. The van der Waals surface area contributed by atoms with Crippen LogP contribution in [0.1, 0.15) is 37.2 Å². The van der Waals surface area contributed by atoms with Crippen LogP contribution < -0.4 is 5.32 Å². The molecule has 0 saturated heterocycles. The minimum atomic E-state index is -0.630. The molecule has 88 valence electrons. The Bertz CT molecular complexity index is 353. The average Bonchev–Trinajstić information content (AvgIpc) is 2.24. The van der Waals surface area contributed by atoms with Gasteiger partial charge in [-0.1, -0.05) is 19.9 Å². The molecule has 1 N–H and O–H groups in total. The van der Waals surface area contributed by atoms with Gasteiger partial charge in [0.15, 0.2) is 0 Å². The number of nitrogens with one attached hydrogen (secondary N) is 1. The molecular formula is C12H17FN2O. The van der Waals surface area contributed by atoms with Crippen molar-refractivity contribution in [3.8, 4) is 0 Å². The molecule has 1 aromatic heterocycles. The number of carbonyl (C=O) groups is 1. The Morgan fingerprint density at radius 2 is 2.25 bits per heavy atom. The molecular weight excluding hydrogens is 207 g/mol. The molecule has 0 saturated carbocycles. The second-order valence-corrected chi connectivity index (χ2v) is 4.14. The van der Waals surface area contributed by atoms with E-state index in [-0.39, 0.29) is 11.6 Å². The zero-order valence-electron chi connectivity index (χ0n) is 9.66. The van der Waals surface area contributed by atoms with Crippen molar-refractivity contribution in [3.63, 3.8) is 0 Å². The molecule has 0 aliphatic carbocycles. The van der Waals surface area contributed by atoms with E-state index < -0.39 is 5.95 Å². The molecule has 0 aliphatic heterocycles. The first kappa shape index (κ1) is 12.6. The first-order chi connectivity index (χ1) is 7.59. The summed E-state index contributed by atoms with van der Waals surface area (Å²) in [7, 11) is 0. The standard InChI is InChI=1S/C12H17FN2O/c1-9(2)5-4-8-14-12(16)10-6-3-7-11(13)15-10/h3,6-7,9H,4-5,8H2,1-2H3,(H,14,16). The van der Waals surface area contributed by atoms with Crippen molar-refractivity contribution in [2.24, 2.45) is 5.92 Å². The average molecular weight is 224 g/mol. The molecule has 0 atom stereocenters. The molecule has 0 fully saturated rings. The normalized spacial score (nSPS) is 10.5. The van der Waals surface area contributed by atoms with E-state index >= 15 is 0 Å². The predicted octanol–water partition coefficient (Wildman–Crippen LogP) is 2.39. The second-order valence-electron chi connectivity index (χ2n) is 4.14. The zero-order chi connectivity index (χ0) is 12.0. The third-order valence-corrected chi connectivity index (χ3v) is 2.19. The van der Waals surface area contributed by atoms with Crippen LogP contribution in [0.2, 0.25) is 0 Å². The minimum Gasteiger partial charge on any atom is -0.351 e. The van der Waals surface area contributed by atoms with E-state index in [0.717, 1.165) is 12.8 Å². The topological polar surface area (TPSA) is 42.0 Å². The molecule has 0 bridgehead atoms. The van der Waals surface area contributed by atoms with Crippen LogP contribution in [0, 0.1) is 11.9 Å². The van der Waals surface area contributed by atoms with E-state index in [0.29, 0.717) is 12.5 Å². The van der Waals surface area contributed by atoms with Crippen LogP contribution in [0.5, 0.6) is 0 Å². The van der Waals surface area contributed by atoms with Crippen LogP contribution in [0.3, 0.4) is 0 Å². The Labute approximate surface area is 95.1 Å². The quantitative estimate of drug-likeness (QED) is 0.616. The number of pyridine rings is 1. The van der Waals surface area contributed by atoms with Crippen LogP contribution in [0.25, 0.3) is 0 Å². The number of hydrogen-bond acceptors (Lipinski definition) is 2. The van der Waals surface area contributed by atoms with Gasteiger partial charge in [0, 0.05) is 6.54 Å². The number of aromatic nitrogens is 1. The minimum absolute atomic E-state index is 0.129. The molecule has 0 spiro atoms. The Morgan fingerprint density at radius 3 is 2.88 bits per heavy atom. The van der Waals surface area contributed by atoms with Gasteiger partial charge >= 0.3 is 0 Å². The van der Waals surface area contributed by atoms with Gasteiger partial charge in [-0.2, -0.15) is 4.39 Å². The van der Waals surface area contributed by atoms with Crippen molar-refractivity contribution in [2.45, 2.75) is 26.7 Å². The Morgan fingerprint density at radius 1 is 1.50 bits per heavy atom. The molecule has 1 amide bonds. The molecule has 1 aromatic rings. The monoisotopic (exact) mass is 224 g/mol. The maximum absolute atomic E-state index is 12.7. The maximum Gasteiger partial charge on any atom is 0.269 e. The van der Waals surface area contributed by atoms with Crippen LogP contribution in [-0.4, -0.2) is 17.4 Å². The van der Waals surface area contributed by atoms with E-state index in [1.807, 2.05) is 0 Å². The van der Waals surface area contributed by atoms with E-state index in [1.165, 1.54) is 18.2 Å². The Hall–Kier alpha value is -1.45. The molecule has 3 nitrogen and oxygen atoms in total. The second kappa shape index (κ2) is 6.20. The number of rotatable bonds is 5. The third-order valence-electron chi connectivity index (χ3n) is 2.19. The fourth-order valence-electron chi connectivity index (χ4n) is 1.34. The maximum atomic E-state index is 12.7. The largest absolute Gasteiger partial charge is 0.351 e. The molecule has 1 rings (SSSR count). The van der Waals surface area contributed by atoms with Gasteiger partial charge in [0.25, 0.3) is 5.91 Å². The van der Waals surface area contributed by atoms with E-state index in [4.69, 9.17) is 0 Å². The zero-order valence-corrected chi connectivity index (χ0v) is 9.66. The van der Waals surface area contributed by atoms with Gasteiger partial charge in [0.2, 0.25) is 5.95 Å². The summed E-state index contributed by atoms with van der Waals surface area (Å²) in [4.78, 5) is 15.0. The molecule has 0 radical (unpaired) electrons. The van der Waals surface area contributed by atoms with Gasteiger partial charge in [0.05, 0.1) is 0 Å². The molecule has 0 unspecified atom stereocenters. The first-order valence-electron chi connectivity index (χ1n) is 5.50. The van der Waals surface area contributed by atoms with Crippen LogP contribution in [-0.2, 0) is 0 Å². The Kier molecular flexibility index (Phi) is 4.89. The van der Waals surface area contributed by atoms with Crippen molar-refractivity contribution >= 4 is 5.91 Å². The molecule has 1 heterocycles. The number of carbonyl (C=O) groups excluding carboxylic acids is 1. The molecule has 0 aromatic carbocycles. The fraction of sp³-hybridized carbons (Fsp3) is 0.500. The highest BCUT2D eigenvalue weighted by Crippen LogP contribution is 2.02. The SMILES string of the molecule is CC(C)CCCNC(=O)c1cccc(F)n1. The van der Waals surface area contributed by atoms with E-state index in [9.17, 15) is 9.18 Å². The van der Waals surface area contributed by atoms with Crippen LogP contribution in [0.4, 0.5) is 4.39 Å². The number of halogens is 1. The van der Waals surface area contributed by atoms with Crippen LogP contribution in [0.15, 0.2) is 18.2 Å². The van der Waals surface area contributed by atoms with Gasteiger partial charge < -0.3 is 5.32 Å². The summed E-state index contributed by atoms with van der Waals surface area (Å²) >= 11 is 0. The van der Waals surface area contributed by atoms with Crippen molar-refractivity contribution in [2.75, 3.05) is 6.54 Å². The van der Waals surface area contributed by atoms with Crippen molar-refractivity contribution in [1.82, 2.24) is 10.3 Å². The Balaban J connectivity index is 2.35. The lowest BCUT2D eigenvalue weighted by Crippen LogP contribution is -2.25. The molecule has 0 aliphatic rings. The summed E-state index contributed by atoms with van der Waals surface area (Å²) in [6.45, 7) is 4.88. The van der Waals surface area contributed by atoms with Gasteiger partial charge in [0.1, 0.15) is 5.69 Å². The number of hydrogen-bond donors (Lipinski definition) is 1. The molecule has 4 heteroatoms. The number of amides is 1. The number of nitrogens with zero attached hydrogens (tertiary/aromatic N) is 1. The summed E-state index contributed by atoms with van der Waals surface area (Å²) < 4.78 is 12.7. The summed E-state index contributed by atoms with van der Waals surface area (Å²) in [6, 6.07) is 4.20. The smallest absolute Gasteiger partial charge is 0.269 e. The lowest BCUT2D eigenvalue weighted by atomic mass is 10.1. The van der Waals surface area contributed by atoms with Crippen molar-refractivity contribution in [1.29, 1.82) is 0 Å². The summed E-state index contributed by atoms with van der Waals surface area (Å²) in [6.07, 6.45) is 2.00. The van der Waals surface area contributed by atoms with E-state index in [2.05, 4.69) is 24.1 Å². The highest BCUT2D eigenvalue weighted by atomic mass is 19.1. The third kappa shape index (κ3) is 4.38. The highest BCUT2D eigenvalue weighted by Gasteiger charge is 2.06. The van der Waals surface area contributed by atoms with Crippen LogP contribution >= 0.6 is 0 Å². The summed E-state index contributed by atoms with van der Waals surface area (Å²) in [5.41, 5.74) is 0.129. The van der Waals surface area contributed by atoms with Gasteiger partial charge in [-0.15, -0.1) is 0 Å². The van der Waals surface area contributed by atoms with Gasteiger partial charge in [-0.05, 0) is 30.9 Å². The lowest BCUT2D eigenvalue weighted by Gasteiger charge is -2.06. The molecule has 16 heavy (non-hydrogen) atoms. The highest BCUT2D eigenvalue weighted by molar-refractivity contribution is 5.92. The van der Waals surface area contributed by atoms with E-state index in [1.54, 1.807) is 0 Å². The van der Waals surface area contributed by atoms with Crippen molar-refractivity contribution < 1.29 is 9.18 Å². The van der Waals surface area contributed by atoms with Crippen molar-refractivity contribution in [3.05, 3.63) is 29.8 Å². The lowest BCUT2D eigenvalue weighted by molar-refractivity contribution is 0.0946. The van der Waals surface area contributed by atoms with Gasteiger partial charge in [-0.3, -0.25) is 4.79 Å².